The molecule has 0 aromatic carbocycles. The minimum Gasteiger partial charge on any atom is -0.112 e. The van der Waals surface area contributed by atoms with Crippen molar-refractivity contribution in [1.82, 2.24) is 0 Å². The average molecular weight is 282 g/mol. The minimum atomic E-state index is 0.0890. The third kappa shape index (κ3) is 11.5. The Hall–Kier alpha value is 1.22. The van der Waals surface area contributed by atoms with Gasteiger partial charge in [0.25, 0.3) is 0 Å². The van der Waals surface area contributed by atoms with Gasteiger partial charge < -0.3 is 0 Å². The van der Waals surface area contributed by atoms with Crippen molar-refractivity contribution in [2.45, 2.75) is 39.5 Å². The predicted octanol–water partition coefficient (Wildman–Crippen LogP) is 6.20. The van der Waals surface area contributed by atoms with Gasteiger partial charge in [0.05, 0.1) is 5.53 Å². The van der Waals surface area contributed by atoms with Gasteiger partial charge in [-0.15, -0.1) is 40.7 Å². The number of hydrogen-bond acceptors (Lipinski definition) is 3. The summed E-state index contributed by atoms with van der Waals surface area (Å²) in [5.41, 5.74) is 0.0890. The Kier molecular flexibility index (Phi) is 14.4. The zero-order valence-corrected chi connectivity index (χ0v) is 13.3. The maximum atomic E-state index is 3.80. The largest absolute Gasteiger partial charge is 0.112 e. The van der Waals surface area contributed by atoms with Gasteiger partial charge in [0, 0.05) is 5.75 Å². The van der Waals surface area contributed by atoms with Gasteiger partial charge >= 0.3 is 0 Å². The van der Waals surface area contributed by atoms with Gasteiger partial charge in [-0.1, -0.05) is 32.8 Å². The van der Waals surface area contributed by atoms with Crippen molar-refractivity contribution >= 4 is 39.7 Å². The van der Waals surface area contributed by atoms with E-state index >= 15 is 0 Å². The van der Waals surface area contributed by atoms with Crippen LogP contribution in [-0.4, -0.2) is 17.3 Å². The summed E-state index contributed by atoms with van der Waals surface area (Å²) in [5, 5.41) is 0. The van der Waals surface area contributed by atoms with Crippen LogP contribution in [0.25, 0.3) is 0 Å². The highest BCUT2D eigenvalue weighted by atomic mass is 33.4. The molecule has 0 saturated heterocycles. The first-order valence-corrected chi connectivity index (χ1v) is 11.8. The zero-order valence-electron chi connectivity index (χ0n) is 9.91. The van der Waals surface area contributed by atoms with E-state index in [9.17, 15) is 0 Å². The van der Waals surface area contributed by atoms with E-state index in [-0.39, 0.29) is 5.53 Å². The molecule has 0 amide bonds. The summed E-state index contributed by atoms with van der Waals surface area (Å²) in [5.74, 6) is 3.79. The fraction of sp³-hybridized carbons (Fsp3) is 0.818. The molecule has 0 spiro atoms. The van der Waals surface area contributed by atoms with E-state index in [1.165, 1.54) is 37.2 Å². The molecule has 0 fully saturated rings. The molecule has 90 valence electrons. The monoisotopic (exact) mass is 282 g/mol. The molecule has 0 nitrogen and oxygen atoms in total. The summed E-state index contributed by atoms with van der Waals surface area (Å²) >= 11 is 6.45. The summed E-state index contributed by atoms with van der Waals surface area (Å²) in [7, 11) is 0. The topological polar surface area (TPSA) is 0 Å². The second-order valence-electron chi connectivity index (χ2n) is 3.18. The average Bonchev–Trinajstić information content (AvgIpc) is 2.25. The van der Waals surface area contributed by atoms with Gasteiger partial charge in [-0.05, 0) is 24.3 Å². The second-order valence-corrected chi connectivity index (χ2v) is 13.2. The molecule has 0 heterocycles. The van der Waals surface area contributed by atoms with Crippen LogP contribution in [0.15, 0.2) is 12.7 Å². The first kappa shape index (κ1) is 16.2. The van der Waals surface area contributed by atoms with Gasteiger partial charge in [-0.25, -0.2) is 0 Å². The Bertz CT molecular complexity index is 132. The molecule has 0 saturated carbocycles. The molecular weight excluding hydrogens is 259 g/mol. The molecule has 0 radical (unpaired) electrons. The number of rotatable bonds is 11. The fourth-order valence-electron chi connectivity index (χ4n) is 0.792. The lowest BCUT2D eigenvalue weighted by atomic mass is 10.4. The van der Waals surface area contributed by atoms with Crippen LogP contribution in [0.4, 0.5) is 0 Å². The van der Waals surface area contributed by atoms with Crippen molar-refractivity contribution in [2.75, 3.05) is 17.3 Å². The molecule has 0 aliphatic rings. The van der Waals surface area contributed by atoms with Crippen LogP contribution in [0.2, 0.25) is 0 Å². The predicted molar refractivity (Wildman–Crippen MR) is 84.3 cm³/mol. The van der Waals surface area contributed by atoms with Gasteiger partial charge in [0.15, 0.2) is 0 Å². The molecule has 0 aromatic heterocycles. The lowest BCUT2D eigenvalue weighted by Crippen LogP contribution is -1.77. The van der Waals surface area contributed by atoms with E-state index in [0.717, 1.165) is 5.75 Å². The third-order valence-electron chi connectivity index (χ3n) is 1.69. The van der Waals surface area contributed by atoms with Crippen molar-refractivity contribution in [3.8, 4) is 0 Å². The summed E-state index contributed by atoms with van der Waals surface area (Å²) in [6.07, 6.45) is 7.41. The first-order chi connectivity index (χ1) is 7.35. The molecule has 0 unspecified atom stereocenters. The zero-order chi connectivity index (χ0) is 11.4. The Balaban J connectivity index is 3.57. The van der Waals surface area contributed by atoms with Crippen molar-refractivity contribution in [3.05, 3.63) is 12.7 Å². The van der Waals surface area contributed by atoms with Crippen LogP contribution in [0.3, 0.4) is 0 Å². The minimum absolute atomic E-state index is 0.0890. The van der Waals surface area contributed by atoms with Crippen LogP contribution < -0.4 is 0 Å². The van der Waals surface area contributed by atoms with E-state index in [2.05, 4.69) is 54.6 Å². The summed E-state index contributed by atoms with van der Waals surface area (Å²) in [6, 6.07) is 0. The number of hydrogen-bond donors (Lipinski definition) is 0. The molecule has 0 bridgehead atoms. The Labute approximate surface area is 109 Å². The highest BCUT2D eigenvalue weighted by Crippen LogP contribution is 2.70. The Morgan fingerprint density at radius 3 is 1.93 bits per heavy atom. The third-order valence-corrected chi connectivity index (χ3v) is 12.8. The molecule has 0 atom stereocenters. The van der Waals surface area contributed by atoms with Crippen molar-refractivity contribution in [3.63, 3.8) is 0 Å². The Morgan fingerprint density at radius 2 is 1.53 bits per heavy atom. The van der Waals surface area contributed by atoms with E-state index < -0.39 is 0 Å². The standard InChI is InChI=1S/C11H23PS3/c1-4-7-10-14-12(13-9-6-3)15-11-8-5-2/h6H,3-5,7-11H2,1-2H3. The lowest BCUT2D eigenvalue weighted by Gasteiger charge is -2.14. The quantitative estimate of drug-likeness (QED) is 0.251. The van der Waals surface area contributed by atoms with Gasteiger partial charge in [-0.3, -0.25) is 0 Å². The van der Waals surface area contributed by atoms with E-state index in [0.29, 0.717) is 0 Å². The second kappa shape index (κ2) is 13.3. The molecule has 15 heavy (non-hydrogen) atoms. The molecule has 0 N–H and O–H groups in total. The highest BCUT2D eigenvalue weighted by Gasteiger charge is 2.08. The van der Waals surface area contributed by atoms with Crippen molar-refractivity contribution < 1.29 is 0 Å². The van der Waals surface area contributed by atoms with Crippen LogP contribution in [0.5, 0.6) is 0 Å². The van der Waals surface area contributed by atoms with E-state index in [4.69, 9.17) is 0 Å². The molecule has 0 aliphatic heterocycles. The molecule has 0 aliphatic carbocycles. The van der Waals surface area contributed by atoms with Gasteiger partial charge in [-0.2, -0.15) is 0 Å². The van der Waals surface area contributed by atoms with Crippen LogP contribution in [-0.2, 0) is 0 Å². The summed E-state index contributed by atoms with van der Waals surface area (Å²) in [6.45, 7) is 8.33. The summed E-state index contributed by atoms with van der Waals surface area (Å²) in [4.78, 5) is 0. The normalized spacial score (nSPS) is 10.9. The maximum Gasteiger partial charge on any atom is 0.0732 e. The lowest BCUT2D eigenvalue weighted by molar-refractivity contribution is 0.898. The Morgan fingerprint density at radius 1 is 1.00 bits per heavy atom. The summed E-state index contributed by atoms with van der Waals surface area (Å²) < 4.78 is 0. The van der Waals surface area contributed by atoms with Crippen LogP contribution >= 0.6 is 39.7 Å². The van der Waals surface area contributed by atoms with Crippen LogP contribution in [0, 0.1) is 0 Å². The van der Waals surface area contributed by atoms with Crippen molar-refractivity contribution in [1.29, 1.82) is 0 Å². The molecular formula is C11H23PS3. The molecule has 0 aromatic rings. The van der Waals surface area contributed by atoms with E-state index in [1.54, 1.807) is 0 Å². The molecule has 0 rings (SSSR count). The SMILES string of the molecule is C=CCSP(SCCCC)SCCCC. The maximum absolute atomic E-state index is 3.80. The fourth-order valence-corrected chi connectivity index (χ4v) is 11.2. The highest BCUT2D eigenvalue weighted by molar-refractivity contribution is 9.12. The van der Waals surface area contributed by atoms with E-state index in [1.807, 2.05) is 6.08 Å². The molecule has 4 heteroatoms. The smallest absolute Gasteiger partial charge is 0.0732 e. The van der Waals surface area contributed by atoms with Crippen LogP contribution in [0.1, 0.15) is 39.5 Å². The van der Waals surface area contributed by atoms with Crippen molar-refractivity contribution in [2.24, 2.45) is 0 Å². The number of unbranched alkanes of at least 4 members (excludes halogenated alkanes) is 2. The first-order valence-electron chi connectivity index (χ1n) is 5.64. The van der Waals surface area contributed by atoms with Gasteiger partial charge in [0.2, 0.25) is 0 Å². The van der Waals surface area contributed by atoms with Gasteiger partial charge in [0.1, 0.15) is 0 Å².